The first kappa shape index (κ1) is 15.8. The van der Waals surface area contributed by atoms with E-state index in [0.717, 1.165) is 6.26 Å². The van der Waals surface area contributed by atoms with Crippen LogP contribution in [0.25, 0.3) is 0 Å². The lowest BCUT2D eigenvalue weighted by atomic mass is 10.5. The third-order valence-corrected chi connectivity index (χ3v) is 4.71. The zero-order valence-corrected chi connectivity index (χ0v) is 11.6. The molecular weight excluding hydrogens is 252 g/mol. The molecule has 0 aliphatic rings. The molecule has 0 aromatic carbocycles. The molecule has 0 radical (unpaired) electrons. The number of nitrogens with zero attached hydrogens (tertiary/aromatic N) is 1. The third-order valence-electron chi connectivity index (χ3n) is 2.01. The topological polar surface area (TPSA) is 83.6 Å². The average Bonchev–Trinajstić information content (AvgIpc) is 2.15. The molecule has 0 rings (SSSR count). The van der Waals surface area contributed by atoms with E-state index in [2.05, 4.69) is 4.72 Å². The average molecular weight is 272 g/mol. The van der Waals surface area contributed by atoms with Crippen LogP contribution in [0.1, 0.15) is 20.3 Å². The molecule has 0 saturated carbocycles. The van der Waals surface area contributed by atoms with Gasteiger partial charge in [0.15, 0.2) is 0 Å². The molecule has 0 heterocycles. The van der Waals surface area contributed by atoms with Gasteiger partial charge in [-0.1, -0.05) is 6.92 Å². The monoisotopic (exact) mass is 272 g/mol. The first-order valence-corrected chi connectivity index (χ1v) is 8.65. The van der Waals surface area contributed by atoms with Crippen molar-refractivity contribution in [3.63, 3.8) is 0 Å². The lowest BCUT2D eigenvalue weighted by molar-refractivity contribution is 0.416. The second kappa shape index (κ2) is 6.53. The van der Waals surface area contributed by atoms with Crippen LogP contribution < -0.4 is 4.72 Å². The Morgan fingerprint density at radius 3 is 2.00 bits per heavy atom. The van der Waals surface area contributed by atoms with E-state index in [1.807, 2.05) is 6.92 Å². The molecule has 8 heteroatoms. The van der Waals surface area contributed by atoms with Gasteiger partial charge >= 0.3 is 0 Å². The molecule has 0 amide bonds. The minimum atomic E-state index is -3.25. The molecule has 0 spiro atoms. The van der Waals surface area contributed by atoms with Crippen LogP contribution in [-0.2, 0) is 20.0 Å². The van der Waals surface area contributed by atoms with Gasteiger partial charge in [-0.2, -0.15) is 0 Å². The molecule has 0 aliphatic carbocycles. The fourth-order valence-corrected chi connectivity index (χ4v) is 2.66. The van der Waals surface area contributed by atoms with E-state index in [1.165, 1.54) is 11.2 Å². The normalized spacial score (nSPS) is 13.2. The van der Waals surface area contributed by atoms with Crippen molar-refractivity contribution in [2.75, 3.05) is 31.6 Å². The second-order valence-corrected chi connectivity index (χ2v) is 7.54. The van der Waals surface area contributed by atoms with E-state index in [4.69, 9.17) is 0 Å². The maximum atomic E-state index is 11.3. The second-order valence-electron chi connectivity index (χ2n) is 3.46. The number of sulfonamides is 2. The van der Waals surface area contributed by atoms with E-state index in [1.54, 1.807) is 0 Å². The van der Waals surface area contributed by atoms with Crippen molar-refractivity contribution in [2.24, 2.45) is 0 Å². The summed E-state index contributed by atoms with van der Waals surface area (Å²) >= 11 is 0. The van der Waals surface area contributed by atoms with E-state index in [9.17, 15) is 16.8 Å². The minimum Gasteiger partial charge on any atom is -0.214 e. The van der Waals surface area contributed by atoms with Crippen molar-refractivity contribution in [3.05, 3.63) is 0 Å². The largest absolute Gasteiger partial charge is 0.214 e. The summed E-state index contributed by atoms with van der Waals surface area (Å²) in [5.74, 6) is -0.000344. The maximum Gasteiger partial charge on any atom is 0.211 e. The molecule has 16 heavy (non-hydrogen) atoms. The third kappa shape index (κ3) is 6.41. The molecular formula is C8H20N2O4S2. The summed E-state index contributed by atoms with van der Waals surface area (Å²) in [5.41, 5.74) is 0. The van der Waals surface area contributed by atoms with Gasteiger partial charge in [0.05, 0.1) is 12.0 Å². The first-order chi connectivity index (χ1) is 7.23. The van der Waals surface area contributed by atoms with E-state index < -0.39 is 20.0 Å². The highest BCUT2D eigenvalue weighted by molar-refractivity contribution is 7.89. The van der Waals surface area contributed by atoms with E-state index in [0.29, 0.717) is 13.0 Å². The van der Waals surface area contributed by atoms with Gasteiger partial charge in [-0.15, -0.1) is 0 Å². The standard InChI is InChI=1S/C8H20N2O4S2/c1-4-7-10(15(3,11)12)8-6-9-16(13,14)5-2/h9H,4-8H2,1-3H3. The molecule has 1 N–H and O–H groups in total. The smallest absolute Gasteiger partial charge is 0.211 e. The Morgan fingerprint density at radius 1 is 1.06 bits per heavy atom. The van der Waals surface area contributed by atoms with Gasteiger partial charge in [0.25, 0.3) is 0 Å². The molecule has 6 nitrogen and oxygen atoms in total. The predicted molar refractivity (Wildman–Crippen MR) is 64.2 cm³/mol. The molecule has 0 fully saturated rings. The number of nitrogens with one attached hydrogen (secondary N) is 1. The highest BCUT2D eigenvalue weighted by Crippen LogP contribution is 1.98. The van der Waals surface area contributed by atoms with Crippen LogP contribution in [0.15, 0.2) is 0 Å². The van der Waals surface area contributed by atoms with Crippen LogP contribution in [0, 0.1) is 0 Å². The summed E-state index contributed by atoms with van der Waals surface area (Å²) in [6.45, 7) is 4.10. The van der Waals surface area contributed by atoms with Crippen LogP contribution >= 0.6 is 0 Å². The Hall–Kier alpha value is -0.180. The Balaban J connectivity index is 4.26. The fourth-order valence-electron chi connectivity index (χ4n) is 1.12. The zero-order chi connectivity index (χ0) is 12.8. The first-order valence-electron chi connectivity index (χ1n) is 5.15. The van der Waals surface area contributed by atoms with Gasteiger partial charge < -0.3 is 0 Å². The van der Waals surface area contributed by atoms with Crippen molar-refractivity contribution >= 4 is 20.0 Å². The number of hydrogen-bond acceptors (Lipinski definition) is 4. The van der Waals surface area contributed by atoms with E-state index in [-0.39, 0.29) is 18.8 Å². The fraction of sp³-hybridized carbons (Fsp3) is 1.00. The summed E-state index contributed by atoms with van der Waals surface area (Å²) in [7, 11) is -6.50. The SMILES string of the molecule is CCCN(CCNS(=O)(=O)CC)S(C)(=O)=O. The van der Waals surface area contributed by atoms with Crippen molar-refractivity contribution in [3.8, 4) is 0 Å². The van der Waals surface area contributed by atoms with Crippen molar-refractivity contribution in [1.29, 1.82) is 0 Å². The van der Waals surface area contributed by atoms with Crippen molar-refractivity contribution < 1.29 is 16.8 Å². The Bertz CT molecular complexity index is 388. The lowest BCUT2D eigenvalue weighted by Gasteiger charge is -2.19. The summed E-state index contributed by atoms with van der Waals surface area (Å²) in [6.07, 6.45) is 1.82. The zero-order valence-electron chi connectivity index (χ0n) is 9.93. The van der Waals surface area contributed by atoms with Gasteiger partial charge in [-0.3, -0.25) is 0 Å². The molecule has 0 aromatic rings. The molecule has 0 unspecified atom stereocenters. The molecule has 0 saturated heterocycles. The summed E-state index contributed by atoms with van der Waals surface area (Å²) in [4.78, 5) is 0. The quantitative estimate of drug-likeness (QED) is 0.651. The van der Waals surface area contributed by atoms with Gasteiger partial charge in [-0.25, -0.2) is 25.9 Å². The van der Waals surface area contributed by atoms with Crippen LogP contribution in [0.2, 0.25) is 0 Å². The summed E-state index contributed by atoms with van der Waals surface area (Å²) < 4.78 is 48.4. The van der Waals surface area contributed by atoms with Crippen LogP contribution in [0.3, 0.4) is 0 Å². The number of hydrogen-bond donors (Lipinski definition) is 1. The summed E-state index contributed by atoms with van der Waals surface area (Å²) in [6, 6.07) is 0. The van der Waals surface area contributed by atoms with Crippen LogP contribution in [0.4, 0.5) is 0 Å². The molecule has 0 bridgehead atoms. The number of rotatable bonds is 8. The maximum absolute atomic E-state index is 11.3. The predicted octanol–water partition coefficient (Wildman–Crippen LogP) is -0.403. The Morgan fingerprint density at radius 2 is 1.62 bits per heavy atom. The molecule has 98 valence electrons. The van der Waals surface area contributed by atoms with E-state index >= 15 is 0 Å². The van der Waals surface area contributed by atoms with Gasteiger partial charge in [-0.05, 0) is 13.3 Å². The minimum absolute atomic E-state index is 0.000344. The summed E-state index contributed by atoms with van der Waals surface area (Å²) in [5, 5.41) is 0. The van der Waals surface area contributed by atoms with Crippen LogP contribution in [0.5, 0.6) is 0 Å². The highest BCUT2D eigenvalue weighted by atomic mass is 32.2. The van der Waals surface area contributed by atoms with Gasteiger partial charge in [0, 0.05) is 19.6 Å². The van der Waals surface area contributed by atoms with Gasteiger partial charge in [0.2, 0.25) is 20.0 Å². The van der Waals surface area contributed by atoms with Crippen molar-refractivity contribution in [1.82, 2.24) is 9.03 Å². The Kier molecular flexibility index (Phi) is 6.46. The molecule has 0 aromatic heterocycles. The molecule has 0 aliphatic heterocycles. The van der Waals surface area contributed by atoms with Crippen molar-refractivity contribution in [2.45, 2.75) is 20.3 Å². The van der Waals surface area contributed by atoms with Crippen LogP contribution in [-0.4, -0.2) is 52.8 Å². The Labute approximate surface area is 98.1 Å². The highest BCUT2D eigenvalue weighted by Gasteiger charge is 2.15. The van der Waals surface area contributed by atoms with Gasteiger partial charge in [0.1, 0.15) is 0 Å². The molecule has 0 atom stereocenters. The lowest BCUT2D eigenvalue weighted by Crippen LogP contribution is -2.38.